The summed E-state index contributed by atoms with van der Waals surface area (Å²) in [6.45, 7) is 5.84. The first-order valence-electron chi connectivity index (χ1n) is 9.11. The van der Waals surface area contributed by atoms with Crippen LogP contribution in [0, 0.1) is 0 Å². The molecule has 0 saturated carbocycles. The average Bonchev–Trinajstić information content (AvgIpc) is 3.04. The third-order valence-electron chi connectivity index (χ3n) is 4.37. The third kappa shape index (κ3) is 4.45. The fraction of sp³-hybridized carbons (Fsp3) is 0.333. The van der Waals surface area contributed by atoms with Crippen LogP contribution in [0.2, 0.25) is 0 Å². The monoisotopic (exact) mass is 401 g/mol. The molecule has 0 bridgehead atoms. The van der Waals surface area contributed by atoms with Crippen molar-refractivity contribution in [3.63, 3.8) is 0 Å². The molecule has 1 heterocycles. The number of anilines is 1. The molecule has 27 heavy (non-hydrogen) atoms. The molecule has 0 spiro atoms. The normalized spacial score (nSPS) is 12.9. The Bertz CT molecular complexity index is 857. The van der Waals surface area contributed by atoms with Gasteiger partial charge in [-0.05, 0) is 50.3 Å². The van der Waals surface area contributed by atoms with Crippen molar-refractivity contribution in [1.82, 2.24) is 0 Å². The number of nitrogens with one attached hydrogen (secondary N) is 1. The van der Waals surface area contributed by atoms with Crippen molar-refractivity contribution < 1.29 is 14.3 Å². The van der Waals surface area contributed by atoms with E-state index in [0.29, 0.717) is 22.7 Å². The van der Waals surface area contributed by atoms with Gasteiger partial charge < -0.3 is 10.1 Å². The Morgan fingerprint density at radius 2 is 2.07 bits per heavy atom. The number of hydrogen-bond acceptors (Lipinski definition) is 5. The number of ether oxygens (including phenoxy) is 1. The molecule has 0 radical (unpaired) electrons. The van der Waals surface area contributed by atoms with E-state index >= 15 is 0 Å². The maximum atomic E-state index is 12.9. The predicted octanol–water partition coefficient (Wildman–Crippen LogP) is 5.33. The molecule has 1 aromatic heterocycles. The van der Waals surface area contributed by atoms with Crippen molar-refractivity contribution >= 4 is 40.0 Å². The molecule has 0 aliphatic heterocycles. The average molecular weight is 402 g/mol. The standard InChI is InChI=1S/C21H23NO3S2/c1-3-13-26-16-11-7-6-10-15(16)19(23)22-20-18(21(24)25-4-2)14-9-5-8-12-17(14)27-20/h3,6-7,10-11H,1,4-5,8-9,12-13H2,2H3,(H,22,23). The maximum absolute atomic E-state index is 12.9. The Kier molecular flexibility index (Phi) is 6.74. The lowest BCUT2D eigenvalue weighted by Gasteiger charge is -2.12. The van der Waals surface area contributed by atoms with Crippen molar-refractivity contribution in [3.8, 4) is 0 Å². The Labute approximate surface area is 168 Å². The van der Waals surface area contributed by atoms with Gasteiger partial charge in [0.2, 0.25) is 0 Å². The van der Waals surface area contributed by atoms with Gasteiger partial charge in [0.1, 0.15) is 5.00 Å². The van der Waals surface area contributed by atoms with Crippen LogP contribution in [0.5, 0.6) is 0 Å². The lowest BCUT2D eigenvalue weighted by atomic mass is 9.95. The molecule has 0 unspecified atom stereocenters. The Morgan fingerprint density at radius 1 is 1.30 bits per heavy atom. The molecule has 1 amide bonds. The molecule has 142 valence electrons. The first kappa shape index (κ1) is 19.7. The zero-order chi connectivity index (χ0) is 19.2. The quantitative estimate of drug-likeness (QED) is 0.387. The van der Waals surface area contributed by atoms with Gasteiger partial charge in [-0.15, -0.1) is 29.7 Å². The number of aryl methyl sites for hydroxylation is 1. The molecule has 2 aromatic rings. The molecular formula is C21H23NO3S2. The maximum Gasteiger partial charge on any atom is 0.341 e. The van der Waals surface area contributed by atoms with Gasteiger partial charge in [0.05, 0.1) is 17.7 Å². The summed E-state index contributed by atoms with van der Waals surface area (Å²) in [5, 5.41) is 3.59. The zero-order valence-electron chi connectivity index (χ0n) is 15.4. The van der Waals surface area contributed by atoms with Gasteiger partial charge in [-0.1, -0.05) is 18.2 Å². The molecule has 0 atom stereocenters. The number of carbonyl (C=O) groups excluding carboxylic acids is 2. The highest BCUT2D eigenvalue weighted by Gasteiger charge is 2.27. The first-order chi connectivity index (χ1) is 13.2. The second kappa shape index (κ2) is 9.24. The number of thioether (sulfide) groups is 1. The van der Waals surface area contributed by atoms with E-state index in [0.717, 1.165) is 41.9 Å². The fourth-order valence-electron chi connectivity index (χ4n) is 3.17. The van der Waals surface area contributed by atoms with Gasteiger partial charge in [0.25, 0.3) is 5.91 Å². The third-order valence-corrected chi connectivity index (χ3v) is 6.64. The van der Waals surface area contributed by atoms with Crippen LogP contribution in [0.15, 0.2) is 41.8 Å². The Morgan fingerprint density at radius 3 is 2.85 bits per heavy atom. The Hall–Kier alpha value is -2.05. The molecule has 1 aliphatic rings. The number of benzene rings is 1. The molecular weight excluding hydrogens is 378 g/mol. The summed E-state index contributed by atoms with van der Waals surface area (Å²) < 4.78 is 5.26. The highest BCUT2D eigenvalue weighted by molar-refractivity contribution is 7.99. The second-order valence-corrected chi connectivity index (χ2v) is 8.35. The highest BCUT2D eigenvalue weighted by atomic mass is 32.2. The summed E-state index contributed by atoms with van der Waals surface area (Å²) in [4.78, 5) is 27.6. The SMILES string of the molecule is C=CCSc1ccccc1C(=O)Nc1sc2c(c1C(=O)OCC)CCCC2. The van der Waals surface area contributed by atoms with Crippen LogP contribution in [0.25, 0.3) is 0 Å². The lowest BCUT2D eigenvalue weighted by Crippen LogP contribution is -2.16. The minimum atomic E-state index is -0.346. The summed E-state index contributed by atoms with van der Waals surface area (Å²) in [7, 11) is 0. The van der Waals surface area contributed by atoms with Crippen molar-refractivity contribution in [1.29, 1.82) is 0 Å². The van der Waals surface area contributed by atoms with Gasteiger partial charge in [-0.25, -0.2) is 4.79 Å². The molecule has 1 aromatic carbocycles. The number of hydrogen-bond donors (Lipinski definition) is 1. The van der Waals surface area contributed by atoms with E-state index in [2.05, 4.69) is 11.9 Å². The van der Waals surface area contributed by atoms with Crippen molar-refractivity contribution in [2.75, 3.05) is 17.7 Å². The van der Waals surface area contributed by atoms with Gasteiger partial charge in [-0.2, -0.15) is 0 Å². The van der Waals surface area contributed by atoms with Crippen LogP contribution < -0.4 is 5.32 Å². The van der Waals surface area contributed by atoms with Crippen LogP contribution in [0.3, 0.4) is 0 Å². The second-order valence-electron chi connectivity index (χ2n) is 6.19. The lowest BCUT2D eigenvalue weighted by molar-refractivity contribution is 0.0526. The van der Waals surface area contributed by atoms with E-state index in [1.807, 2.05) is 24.3 Å². The summed E-state index contributed by atoms with van der Waals surface area (Å²) in [6, 6.07) is 7.49. The summed E-state index contributed by atoms with van der Waals surface area (Å²) in [5.74, 6) is 0.180. The smallest absolute Gasteiger partial charge is 0.341 e. The summed E-state index contributed by atoms with van der Waals surface area (Å²) >= 11 is 3.07. The van der Waals surface area contributed by atoms with Gasteiger partial charge >= 0.3 is 5.97 Å². The predicted molar refractivity (Wildman–Crippen MR) is 112 cm³/mol. The number of fused-ring (bicyclic) bond motifs is 1. The molecule has 4 nitrogen and oxygen atoms in total. The van der Waals surface area contributed by atoms with Crippen LogP contribution in [-0.4, -0.2) is 24.2 Å². The molecule has 0 fully saturated rings. The van der Waals surface area contributed by atoms with E-state index in [4.69, 9.17) is 4.74 Å². The van der Waals surface area contributed by atoms with Crippen LogP contribution >= 0.6 is 23.1 Å². The Balaban J connectivity index is 1.91. The fourth-order valence-corrected chi connectivity index (χ4v) is 5.23. The largest absolute Gasteiger partial charge is 0.462 e. The van der Waals surface area contributed by atoms with E-state index in [9.17, 15) is 9.59 Å². The number of carbonyl (C=O) groups is 2. The van der Waals surface area contributed by atoms with Gasteiger partial charge in [-0.3, -0.25) is 4.79 Å². The number of amides is 1. The van der Waals surface area contributed by atoms with Gasteiger partial charge in [0.15, 0.2) is 0 Å². The number of esters is 1. The number of thiophene rings is 1. The van der Waals surface area contributed by atoms with Gasteiger partial charge in [0, 0.05) is 15.5 Å². The number of rotatable bonds is 7. The minimum Gasteiger partial charge on any atom is -0.462 e. The van der Waals surface area contributed by atoms with E-state index in [1.165, 1.54) is 16.2 Å². The molecule has 6 heteroatoms. The van der Waals surface area contributed by atoms with Crippen LogP contribution in [0.1, 0.15) is 50.9 Å². The molecule has 1 aliphatic carbocycles. The first-order valence-corrected chi connectivity index (χ1v) is 10.9. The minimum absolute atomic E-state index is 0.202. The van der Waals surface area contributed by atoms with Crippen LogP contribution in [0.4, 0.5) is 5.00 Å². The summed E-state index contributed by atoms with van der Waals surface area (Å²) in [5.41, 5.74) is 2.20. The zero-order valence-corrected chi connectivity index (χ0v) is 17.0. The molecule has 1 N–H and O–H groups in total. The van der Waals surface area contributed by atoms with Crippen molar-refractivity contribution in [3.05, 3.63) is 58.5 Å². The highest BCUT2D eigenvalue weighted by Crippen LogP contribution is 2.39. The van der Waals surface area contributed by atoms with E-state index < -0.39 is 0 Å². The van der Waals surface area contributed by atoms with Crippen LogP contribution in [-0.2, 0) is 17.6 Å². The van der Waals surface area contributed by atoms with E-state index in [-0.39, 0.29) is 11.9 Å². The van der Waals surface area contributed by atoms with Crippen molar-refractivity contribution in [2.24, 2.45) is 0 Å². The molecule has 0 saturated heterocycles. The van der Waals surface area contributed by atoms with Crippen molar-refractivity contribution in [2.45, 2.75) is 37.5 Å². The topological polar surface area (TPSA) is 55.4 Å². The molecule has 3 rings (SSSR count). The van der Waals surface area contributed by atoms with E-state index in [1.54, 1.807) is 24.8 Å². The summed E-state index contributed by atoms with van der Waals surface area (Å²) in [6.07, 6.45) is 5.80.